The van der Waals surface area contributed by atoms with E-state index in [1.807, 2.05) is 19.2 Å². The number of aromatic amines is 1. The summed E-state index contributed by atoms with van der Waals surface area (Å²) in [4.78, 5) is 7.99. The third-order valence-electron chi connectivity index (χ3n) is 4.40. The van der Waals surface area contributed by atoms with Crippen LogP contribution < -0.4 is 0 Å². The van der Waals surface area contributed by atoms with Gasteiger partial charge < -0.3 is 9.72 Å². The highest BCUT2D eigenvalue weighted by Crippen LogP contribution is 2.23. The number of nitrogens with one attached hydrogen (secondary N) is 1. The van der Waals surface area contributed by atoms with Crippen molar-refractivity contribution in [3.63, 3.8) is 0 Å². The van der Waals surface area contributed by atoms with Crippen LogP contribution in [0.1, 0.15) is 31.9 Å². The van der Waals surface area contributed by atoms with Gasteiger partial charge in [-0.3, -0.25) is 0 Å². The second kappa shape index (κ2) is 9.33. The fourth-order valence-electron chi connectivity index (χ4n) is 3.03. The molecule has 0 spiro atoms. The summed E-state index contributed by atoms with van der Waals surface area (Å²) in [7, 11) is 0. The van der Waals surface area contributed by atoms with Gasteiger partial charge in [-0.05, 0) is 36.0 Å². The Bertz CT molecular complexity index is 858. The monoisotopic (exact) mass is 360 g/mol. The summed E-state index contributed by atoms with van der Waals surface area (Å²) in [5, 5.41) is 0. The molecule has 0 saturated carbocycles. The lowest BCUT2D eigenvalue weighted by molar-refractivity contribution is 0.178. The van der Waals surface area contributed by atoms with Crippen LogP contribution in [0.15, 0.2) is 60.8 Å². The first-order valence-electron chi connectivity index (χ1n) is 9.64. The van der Waals surface area contributed by atoms with Crippen molar-refractivity contribution in [2.45, 2.75) is 27.2 Å². The Morgan fingerprint density at radius 1 is 1.00 bits per heavy atom. The van der Waals surface area contributed by atoms with E-state index in [-0.39, 0.29) is 0 Å². The number of hydrogen-bond donors (Lipinski definition) is 1. The molecule has 3 heteroatoms. The zero-order chi connectivity index (χ0) is 19.1. The zero-order valence-corrected chi connectivity index (χ0v) is 16.4. The van der Waals surface area contributed by atoms with Gasteiger partial charge in [-0.25, -0.2) is 4.98 Å². The van der Waals surface area contributed by atoms with Crippen molar-refractivity contribution < 1.29 is 4.74 Å². The Hall–Kier alpha value is -2.65. The molecule has 0 saturated heterocycles. The topological polar surface area (TPSA) is 37.9 Å². The number of imidazole rings is 1. The lowest BCUT2D eigenvalue weighted by Crippen LogP contribution is -1.93. The normalized spacial score (nSPS) is 11.6. The quantitative estimate of drug-likeness (QED) is 0.501. The number of H-pyrrole nitrogens is 1. The van der Waals surface area contributed by atoms with Crippen LogP contribution in [0.25, 0.3) is 28.7 Å². The largest absolute Gasteiger partial charge is 0.378 e. The standard InChI is InChI=1S/C24H28N2O/c1-4-27-15-5-6-19-7-13-22(14-8-19)24-25-17-23(26-24)21-11-9-20(10-12-21)16-18(2)3/h5-14,17-18H,4,15-16H2,1-3H3,(H,25,26). The average Bonchev–Trinajstić information content (AvgIpc) is 3.16. The highest BCUT2D eigenvalue weighted by molar-refractivity contribution is 5.65. The van der Waals surface area contributed by atoms with E-state index < -0.39 is 0 Å². The van der Waals surface area contributed by atoms with Gasteiger partial charge in [0.05, 0.1) is 18.5 Å². The van der Waals surface area contributed by atoms with Crippen LogP contribution in [0.2, 0.25) is 0 Å². The van der Waals surface area contributed by atoms with E-state index in [0.29, 0.717) is 12.5 Å². The first-order chi connectivity index (χ1) is 13.2. The Kier molecular flexibility index (Phi) is 6.61. The summed E-state index contributed by atoms with van der Waals surface area (Å²) in [5.41, 5.74) is 5.82. The first-order valence-corrected chi connectivity index (χ1v) is 9.64. The number of benzene rings is 2. The molecule has 0 aliphatic rings. The van der Waals surface area contributed by atoms with E-state index in [1.165, 1.54) is 5.56 Å². The fraction of sp³-hybridized carbons (Fsp3) is 0.292. The van der Waals surface area contributed by atoms with Gasteiger partial charge >= 0.3 is 0 Å². The van der Waals surface area contributed by atoms with Gasteiger partial charge in [0, 0.05) is 12.2 Å². The van der Waals surface area contributed by atoms with Gasteiger partial charge in [-0.15, -0.1) is 0 Å². The Morgan fingerprint density at radius 2 is 1.70 bits per heavy atom. The van der Waals surface area contributed by atoms with E-state index >= 15 is 0 Å². The van der Waals surface area contributed by atoms with E-state index in [2.05, 4.69) is 78.4 Å². The average molecular weight is 361 g/mol. The van der Waals surface area contributed by atoms with Crippen molar-refractivity contribution in [2.75, 3.05) is 13.2 Å². The summed E-state index contributed by atoms with van der Waals surface area (Å²) in [6.45, 7) is 7.88. The van der Waals surface area contributed by atoms with E-state index in [1.54, 1.807) is 0 Å². The van der Waals surface area contributed by atoms with Crippen LogP contribution in [0.4, 0.5) is 0 Å². The fourth-order valence-corrected chi connectivity index (χ4v) is 3.03. The number of rotatable bonds is 8. The molecule has 0 bridgehead atoms. The molecule has 0 amide bonds. The predicted octanol–water partition coefficient (Wildman–Crippen LogP) is 5.99. The molecule has 2 aromatic carbocycles. The van der Waals surface area contributed by atoms with Crippen molar-refractivity contribution in [3.8, 4) is 22.6 Å². The van der Waals surface area contributed by atoms with Gasteiger partial charge in [0.1, 0.15) is 5.82 Å². The molecule has 1 heterocycles. The van der Waals surface area contributed by atoms with Crippen molar-refractivity contribution >= 4 is 6.08 Å². The Balaban J connectivity index is 1.69. The molecule has 1 aromatic heterocycles. The Morgan fingerprint density at radius 3 is 2.37 bits per heavy atom. The molecule has 0 radical (unpaired) electrons. The maximum absolute atomic E-state index is 5.32. The first kappa shape index (κ1) is 19.1. The summed E-state index contributed by atoms with van der Waals surface area (Å²) in [6.07, 6.45) is 7.13. The predicted molar refractivity (Wildman–Crippen MR) is 114 cm³/mol. The number of nitrogens with zero attached hydrogens (tertiary/aromatic N) is 1. The zero-order valence-electron chi connectivity index (χ0n) is 16.4. The molecule has 0 fully saturated rings. The maximum atomic E-state index is 5.32. The maximum Gasteiger partial charge on any atom is 0.137 e. The van der Waals surface area contributed by atoms with Crippen LogP contribution in [0, 0.1) is 5.92 Å². The molecule has 27 heavy (non-hydrogen) atoms. The van der Waals surface area contributed by atoms with Crippen LogP contribution in [-0.2, 0) is 11.2 Å². The number of ether oxygens (including phenoxy) is 1. The second-order valence-corrected chi connectivity index (χ2v) is 7.12. The number of hydrogen-bond acceptors (Lipinski definition) is 2. The van der Waals surface area contributed by atoms with E-state index in [4.69, 9.17) is 4.74 Å². The SMILES string of the molecule is CCOCC=Cc1ccc(-c2ncc(-c3ccc(CC(C)C)cc3)[nH]2)cc1. The van der Waals surface area contributed by atoms with E-state index in [0.717, 1.165) is 41.2 Å². The minimum Gasteiger partial charge on any atom is -0.378 e. The smallest absolute Gasteiger partial charge is 0.137 e. The lowest BCUT2D eigenvalue weighted by atomic mass is 10.0. The van der Waals surface area contributed by atoms with Crippen LogP contribution >= 0.6 is 0 Å². The van der Waals surface area contributed by atoms with Gasteiger partial charge in [-0.1, -0.05) is 74.5 Å². The minimum absolute atomic E-state index is 0.649. The van der Waals surface area contributed by atoms with Crippen molar-refractivity contribution in [1.82, 2.24) is 9.97 Å². The molecule has 140 valence electrons. The van der Waals surface area contributed by atoms with Crippen LogP contribution in [-0.4, -0.2) is 23.2 Å². The van der Waals surface area contributed by atoms with Gasteiger partial charge in [0.25, 0.3) is 0 Å². The molecule has 3 nitrogen and oxygen atoms in total. The van der Waals surface area contributed by atoms with Gasteiger partial charge in [-0.2, -0.15) is 0 Å². The van der Waals surface area contributed by atoms with E-state index in [9.17, 15) is 0 Å². The third-order valence-corrected chi connectivity index (χ3v) is 4.40. The molecular formula is C24H28N2O. The highest BCUT2D eigenvalue weighted by atomic mass is 16.5. The minimum atomic E-state index is 0.649. The molecular weight excluding hydrogens is 332 g/mol. The molecule has 1 N–H and O–H groups in total. The molecule has 3 rings (SSSR count). The summed E-state index contributed by atoms with van der Waals surface area (Å²) in [5.74, 6) is 1.56. The third kappa shape index (κ3) is 5.41. The molecule has 0 aliphatic heterocycles. The van der Waals surface area contributed by atoms with Crippen LogP contribution in [0.3, 0.4) is 0 Å². The van der Waals surface area contributed by atoms with Gasteiger partial charge in [0.2, 0.25) is 0 Å². The highest BCUT2D eigenvalue weighted by Gasteiger charge is 2.06. The molecule has 0 atom stereocenters. The van der Waals surface area contributed by atoms with Crippen molar-refractivity contribution in [1.29, 1.82) is 0 Å². The summed E-state index contributed by atoms with van der Waals surface area (Å²) < 4.78 is 5.32. The molecule has 0 unspecified atom stereocenters. The van der Waals surface area contributed by atoms with Crippen LogP contribution in [0.5, 0.6) is 0 Å². The number of aromatic nitrogens is 2. The van der Waals surface area contributed by atoms with Crippen molar-refractivity contribution in [2.24, 2.45) is 5.92 Å². The molecule has 3 aromatic rings. The Labute approximate surface area is 162 Å². The van der Waals surface area contributed by atoms with Gasteiger partial charge in [0.15, 0.2) is 0 Å². The molecule has 0 aliphatic carbocycles. The lowest BCUT2D eigenvalue weighted by Gasteiger charge is -2.05. The van der Waals surface area contributed by atoms with Crippen molar-refractivity contribution in [3.05, 3.63) is 71.9 Å². The summed E-state index contributed by atoms with van der Waals surface area (Å²) >= 11 is 0. The summed E-state index contributed by atoms with van der Waals surface area (Å²) in [6, 6.07) is 17.1. The second-order valence-electron chi connectivity index (χ2n) is 7.12.